The van der Waals surface area contributed by atoms with Crippen molar-refractivity contribution in [3.63, 3.8) is 0 Å². The summed E-state index contributed by atoms with van der Waals surface area (Å²) >= 11 is 0. The second-order valence-corrected chi connectivity index (χ2v) is 12.8. The van der Waals surface area contributed by atoms with Crippen LogP contribution in [0.1, 0.15) is 57.5 Å². The first-order valence-corrected chi connectivity index (χ1v) is 10.6. The molecule has 1 rings (SSSR count). The van der Waals surface area contributed by atoms with E-state index in [-0.39, 0.29) is 5.91 Å². The number of benzene rings is 1. The van der Waals surface area contributed by atoms with Crippen molar-refractivity contribution >= 4 is 20.1 Å². The van der Waals surface area contributed by atoms with Gasteiger partial charge in [-0.05, 0) is 28.3 Å². The molecule has 0 aliphatic carbocycles. The van der Waals surface area contributed by atoms with E-state index in [2.05, 4.69) is 58.6 Å². The summed E-state index contributed by atoms with van der Waals surface area (Å²) in [6.45, 7) is 14.1. The fourth-order valence-electron chi connectivity index (χ4n) is 3.80. The van der Waals surface area contributed by atoms with Gasteiger partial charge in [-0.15, -0.1) is 0 Å². The Bertz CT molecular complexity index is 510. The zero-order valence-corrected chi connectivity index (χ0v) is 16.1. The second-order valence-electron chi connectivity index (χ2n) is 6.96. The van der Waals surface area contributed by atoms with Crippen molar-refractivity contribution in [3.05, 3.63) is 41.1 Å². The molecule has 3 heteroatoms. The van der Waals surface area contributed by atoms with Crippen LogP contribution >= 0.6 is 0 Å². The number of carbonyl (C=O) groups excluding carboxylic acids is 1. The Morgan fingerprint density at radius 2 is 1.50 bits per heavy atom. The monoisotopic (exact) mass is 317 g/mol. The quantitative estimate of drug-likeness (QED) is 0.711. The summed E-state index contributed by atoms with van der Waals surface area (Å²) in [5, 5.41) is 2.73. The van der Waals surface area contributed by atoms with Gasteiger partial charge in [0, 0.05) is 12.6 Å². The van der Waals surface area contributed by atoms with Crippen LogP contribution in [0.4, 0.5) is 0 Å². The molecule has 0 spiro atoms. The average molecular weight is 318 g/mol. The first-order valence-electron chi connectivity index (χ1n) is 8.27. The van der Waals surface area contributed by atoms with Gasteiger partial charge in [-0.2, -0.15) is 0 Å². The van der Waals surface area contributed by atoms with Gasteiger partial charge in [0.1, 0.15) is 0 Å². The minimum atomic E-state index is -1.59. The van der Waals surface area contributed by atoms with Crippen molar-refractivity contribution in [1.82, 2.24) is 5.32 Å². The van der Waals surface area contributed by atoms with E-state index >= 15 is 0 Å². The van der Waals surface area contributed by atoms with E-state index < -0.39 is 8.07 Å². The van der Waals surface area contributed by atoms with E-state index in [1.807, 2.05) is 24.3 Å². The smallest absolute Gasteiger partial charge is 0.251 e. The Hall–Kier alpha value is -1.35. The molecule has 0 radical (unpaired) electrons. The summed E-state index contributed by atoms with van der Waals surface area (Å²) in [5.41, 5.74) is 6.26. The molecule has 0 aliphatic heterocycles. The van der Waals surface area contributed by atoms with Crippen LogP contribution < -0.4 is 5.32 Å². The maximum atomic E-state index is 12.0. The van der Waals surface area contributed by atoms with E-state index in [1.165, 1.54) is 0 Å². The minimum Gasteiger partial charge on any atom is -0.355 e. The maximum absolute atomic E-state index is 12.0. The predicted octanol–water partition coefficient (Wildman–Crippen LogP) is 5.28. The first-order chi connectivity index (χ1) is 10.3. The van der Waals surface area contributed by atoms with Gasteiger partial charge in [-0.3, -0.25) is 4.79 Å². The Morgan fingerprint density at radius 1 is 1.00 bits per heavy atom. The standard InChI is InChI=1S/C19H31NOSi/c1-14(2)22(15(3)4,16(5)6)13-12-17-10-8-9-11-18(17)19(21)20-7/h8-16H,1-7H3,(H,20,21)/b13-12+. The molecular weight excluding hydrogens is 286 g/mol. The molecule has 0 fully saturated rings. The zero-order chi connectivity index (χ0) is 16.9. The highest BCUT2D eigenvalue weighted by molar-refractivity contribution is 6.88. The van der Waals surface area contributed by atoms with Gasteiger partial charge in [-0.25, -0.2) is 0 Å². The molecule has 0 aliphatic rings. The Kier molecular flexibility index (Phi) is 6.60. The lowest BCUT2D eigenvalue weighted by Crippen LogP contribution is -2.42. The number of nitrogens with one attached hydrogen (secondary N) is 1. The fraction of sp³-hybridized carbons (Fsp3) is 0.526. The largest absolute Gasteiger partial charge is 0.355 e. The van der Waals surface area contributed by atoms with Gasteiger partial charge in [-0.1, -0.05) is 71.5 Å². The Labute approximate surface area is 137 Å². The van der Waals surface area contributed by atoms with Gasteiger partial charge >= 0.3 is 0 Å². The third kappa shape index (κ3) is 3.69. The first kappa shape index (κ1) is 18.7. The molecule has 22 heavy (non-hydrogen) atoms. The SMILES string of the molecule is CNC(=O)c1ccccc1/C=C/[Si](C(C)C)(C(C)C)C(C)C. The second kappa shape index (κ2) is 7.77. The van der Waals surface area contributed by atoms with Crippen LogP contribution in [-0.4, -0.2) is 21.0 Å². The van der Waals surface area contributed by atoms with Gasteiger partial charge in [0.25, 0.3) is 5.91 Å². The highest BCUT2D eigenvalue weighted by Gasteiger charge is 2.40. The minimum absolute atomic E-state index is 0.0221. The lowest BCUT2D eigenvalue weighted by Gasteiger charge is -2.40. The van der Waals surface area contributed by atoms with Gasteiger partial charge in [0.15, 0.2) is 0 Å². The fourth-order valence-corrected chi connectivity index (χ4v) is 9.42. The summed E-state index contributed by atoms with van der Waals surface area (Å²) in [5.74, 6) is -0.0221. The van der Waals surface area contributed by atoms with Gasteiger partial charge in [0.05, 0.1) is 8.07 Å². The van der Waals surface area contributed by atoms with Crippen LogP contribution in [0.5, 0.6) is 0 Å². The summed E-state index contributed by atoms with van der Waals surface area (Å²) in [4.78, 5) is 12.0. The van der Waals surface area contributed by atoms with Crippen molar-refractivity contribution in [3.8, 4) is 0 Å². The molecule has 1 aromatic carbocycles. The third-order valence-corrected chi connectivity index (χ3v) is 11.7. The van der Waals surface area contributed by atoms with Crippen LogP contribution in [0, 0.1) is 0 Å². The summed E-state index contributed by atoms with van der Waals surface area (Å²) in [7, 11) is 0.0883. The Balaban J connectivity index is 3.31. The normalized spacial score (nSPS) is 12.6. The van der Waals surface area contributed by atoms with Gasteiger partial charge < -0.3 is 5.32 Å². The van der Waals surface area contributed by atoms with Gasteiger partial charge in [0.2, 0.25) is 0 Å². The van der Waals surface area contributed by atoms with Crippen molar-refractivity contribution in [1.29, 1.82) is 0 Å². The summed E-state index contributed by atoms with van der Waals surface area (Å²) in [6.07, 6.45) is 2.19. The number of hydrogen-bond donors (Lipinski definition) is 1. The molecule has 0 saturated carbocycles. The lowest BCUT2D eigenvalue weighted by atomic mass is 10.1. The molecular formula is C19H31NOSi. The number of rotatable bonds is 6. The van der Waals surface area contributed by atoms with E-state index in [4.69, 9.17) is 0 Å². The zero-order valence-electron chi connectivity index (χ0n) is 15.1. The average Bonchev–Trinajstić information content (AvgIpc) is 2.46. The third-order valence-electron chi connectivity index (χ3n) is 4.98. The van der Waals surface area contributed by atoms with Crippen molar-refractivity contribution in [2.75, 3.05) is 7.05 Å². The highest BCUT2D eigenvalue weighted by atomic mass is 28.3. The lowest BCUT2D eigenvalue weighted by molar-refractivity contribution is 0.0963. The molecule has 0 aromatic heterocycles. The van der Waals surface area contributed by atoms with Crippen molar-refractivity contribution in [2.24, 2.45) is 0 Å². The molecule has 1 N–H and O–H groups in total. The van der Waals surface area contributed by atoms with Crippen molar-refractivity contribution < 1.29 is 4.79 Å². The van der Waals surface area contributed by atoms with E-state index in [9.17, 15) is 4.79 Å². The topological polar surface area (TPSA) is 29.1 Å². The predicted molar refractivity (Wildman–Crippen MR) is 99.9 cm³/mol. The van der Waals surface area contributed by atoms with Crippen LogP contribution in [0.2, 0.25) is 16.6 Å². The molecule has 2 nitrogen and oxygen atoms in total. The van der Waals surface area contributed by atoms with E-state index in [0.29, 0.717) is 16.6 Å². The molecule has 0 saturated heterocycles. The van der Waals surface area contributed by atoms with Crippen LogP contribution in [0.15, 0.2) is 30.0 Å². The molecule has 1 amide bonds. The number of hydrogen-bond acceptors (Lipinski definition) is 1. The van der Waals surface area contributed by atoms with E-state index in [0.717, 1.165) is 11.1 Å². The Morgan fingerprint density at radius 3 is 1.95 bits per heavy atom. The summed E-state index contributed by atoms with van der Waals surface area (Å²) in [6, 6.07) is 7.83. The molecule has 0 atom stereocenters. The highest BCUT2D eigenvalue weighted by Crippen LogP contribution is 2.42. The number of carbonyl (C=O) groups is 1. The molecule has 0 bridgehead atoms. The maximum Gasteiger partial charge on any atom is 0.251 e. The molecule has 0 heterocycles. The van der Waals surface area contributed by atoms with Crippen molar-refractivity contribution in [2.45, 2.75) is 58.2 Å². The van der Waals surface area contributed by atoms with E-state index in [1.54, 1.807) is 7.05 Å². The summed E-state index contributed by atoms with van der Waals surface area (Å²) < 4.78 is 0. The molecule has 122 valence electrons. The van der Waals surface area contributed by atoms with Crippen LogP contribution in [-0.2, 0) is 0 Å². The van der Waals surface area contributed by atoms with Crippen LogP contribution in [0.3, 0.4) is 0 Å². The number of amides is 1. The molecule has 1 aromatic rings. The molecule has 0 unspecified atom stereocenters. The van der Waals surface area contributed by atoms with Crippen LogP contribution in [0.25, 0.3) is 6.08 Å².